The third-order valence-corrected chi connectivity index (χ3v) is 3.89. The lowest BCUT2D eigenvalue weighted by molar-refractivity contribution is -0.386. The molecule has 0 saturated heterocycles. The Bertz CT molecular complexity index is 787. The first kappa shape index (κ1) is 19.4. The van der Waals surface area contributed by atoms with Crippen LogP contribution in [0.15, 0.2) is 36.4 Å². The summed E-state index contributed by atoms with van der Waals surface area (Å²) < 4.78 is 5.59. The Labute approximate surface area is 151 Å². The van der Waals surface area contributed by atoms with Gasteiger partial charge in [-0.1, -0.05) is 31.5 Å². The van der Waals surface area contributed by atoms with Gasteiger partial charge in [0.1, 0.15) is 5.56 Å². The standard InChI is InChI=1S/C19H22N2O5/c1-3-4-11-26-18-13(2)5-10-16(17(18)21(24)25)19(23)20-15-8-6-14(12-22)7-9-15/h5-10,22H,3-4,11-12H2,1-2H3,(H,20,23). The Morgan fingerprint density at radius 3 is 2.50 bits per heavy atom. The van der Waals surface area contributed by atoms with Crippen LogP contribution in [0.2, 0.25) is 0 Å². The summed E-state index contributed by atoms with van der Waals surface area (Å²) in [6.45, 7) is 3.96. The number of anilines is 1. The number of hydrogen-bond donors (Lipinski definition) is 2. The molecule has 0 bridgehead atoms. The van der Waals surface area contributed by atoms with Crippen molar-refractivity contribution in [2.24, 2.45) is 0 Å². The fourth-order valence-corrected chi connectivity index (χ4v) is 2.43. The van der Waals surface area contributed by atoms with E-state index in [4.69, 9.17) is 9.84 Å². The van der Waals surface area contributed by atoms with E-state index in [1.165, 1.54) is 6.07 Å². The van der Waals surface area contributed by atoms with Crippen LogP contribution in [0, 0.1) is 17.0 Å². The SMILES string of the molecule is CCCCOc1c(C)ccc(C(=O)Nc2ccc(CO)cc2)c1[N+](=O)[O-]. The highest BCUT2D eigenvalue weighted by atomic mass is 16.6. The number of nitro benzene ring substituents is 1. The van der Waals surface area contributed by atoms with Gasteiger partial charge in [0.2, 0.25) is 5.75 Å². The molecule has 2 N–H and O–H groups in total. The summed E-state index contributed by atoms with van der Waals surface area (Å²) in [5.74, 6) is -0.458. The minimum Gasteiger partial charge on any atom is -0.487 e. The van der Waals surface area contributed by atoms with Crippen molar-refractivity contribution >= 4 is 17.3 Å². The average molecular weight is 358 g/mol. The zero-order chi connectivity index (χ0) is 19.1. The van der Waals surface area contributed by atoms with Gasteiger partial charge in [-0.3, -0.25) is 14.9 Å². The van der Waals surface area contributed by atoms with Gasteiger partial charge in [0.05, 0.1) is 18.1 Å². The Morgan fingerprint density at radius 2 is 1.92 bits per heavy atom. The first-order valence-electron chi connectivity index (χ1n) is 8.39. The maximum absolute atomic E-state index is 12.6. The molecule has 2 aromatic carbocycles. The van der Waals surface area contributed by atoms with Crippen molar-refractivity contribution < 1.29 is 19.6 Å². The van der Waals surface area contributed by atoms with Gasteiger partial charge in [-0.15, -0.1) is 0 Å². The number of unbranched alkanes of at least 4 members (excludes halogenated alkanes) is 1. The molecule has 0 aliphatic heterocycles. The Morgan fingerprint density at radius 1 is 1.23 bits per heavy atom. The van der Waals surface area contributed by atoms with Crippen LogP contribution in [0.5, 0.6) is 5.75 Å². The lowest BCUT2D eigenvalue weighted by Crippen LogP contribution is -2.15. The molecule has 0 atom stereocenters. The van der Waals surface area contributed by atoms with Crippen molar-refractivity contribution in [3.63, 3.8) is 0 Å². The lowest BCUT2D eigenvalue weighted by Gasteiger charge is -2.12. The number of aryl methyl sites for hydroxylation is 1. The first-order valence-corrected chi connectivity index (χ1v) is 8.39. The van der Waals surface area contributed by atoms with E-state index in [0.717, 1.165) is 12.8 Å². The fourth-order valence-electron chi connectivity index (χ4n) is 2.43. The third kappa shape index (κ3) is 4.58. The van der Waals surface area contributed by atoms with Gasteiger partial charge in [0, 0.05) is 5.69 Å². The van der Waals surface area contributed by atoms with E-state index in [1.54, 1.807) is 37.3 Å². The quantitative estimate of drug-likeness (QED) is 0.424. The number of ether oxygens (including phenoxy) is 1. The van der Waals surface area contributed by atoms with Gasteiger partial charge in [-0.25, -0.2) is 0 Å². The molecular formula is C19H22N2O5. The van der Waals surface area contributed by atoms with Crippen molar-refractivity contribution in [3.8, 4) is 5.75 Å². The van der Waals surface area contributed by atoms with E-state index in [0.29, 0.717) is 23.4 Å². The average Bonchev–Trinajstić information content (AvgIpc) is 2.63. The summed E-state index contributed by atoms with van der Waals surface area (Å²) >= 11 is 0. The van der Waals surface area contributed by atoms with E-state index >= 15 is 0 Å². The number of nitro groups is 1. The fraction of sp³-hybridized carbons (Fsp3) is 0.316. The second-order valence-corrected chi connectivity index (χ2v) is 5.88. The van der Waals surface area contributed by atoms with Crippen molar-refractivity contribution in [2.75, 3.05) is 11.9 Å². The normalized spacial score (nSPS) is 10.4. The molecule has 0 saturated carbocycles. The third-order valence-electron chi connectivity index (χ3n) is 3.89. The molecular weight excluding hydrogens is 336 g/mol. The summed E-state index contributed by atoms with van der Waals surface area (Å²) in [7, 11) is 0. The van der Waals surface area contributed by atoms with Crippen molar-refractivity contribution in [2.45, 2.75) is 33.3 Å². The number of aliphatic hydroxyl groups excluding tert-OH is 1. The number of benzene rings is 2. The molecule has 0 aliphatic rings. The molecule has 0 radical (unpaired) electrons. The molecule has 0 aromatic heterocycles. The van der Waals surface area contributed by atoms with Crippen LogP contribution in [0.4, 0.5) is 11.4 Å². The van der Waals surface area contributed by atoms with Crippen LogP contribution < -0.4 is 10.1 Å². The molecule has 26 heavy (non-hydrogen) atoms. The Kier molecular flexibility index (Phi) is 6.68. The minimum atomic E-state index is -0.589. The number of rotatable bonds is 8. The van der Waals surface area contributed by atoms with Crippen LogP contribution in [0.1, 0.15) is 41.3 Å². The molecule has 7 nitrogen and oxygen atoms in total. The van der Waals surface area contributed by atoms with Crippen LogP contribution in [-0.4, -0.2) is 22.5 Å². The number of carbonyl (C=O) groups excluding carboxylic acids is 1. The molecule has 2 rings (SSSR count). The highest BCUT2D eigenvalue weighted by Crippen LogP contribution is 2.35. The van der Waals surface area contributed by atoms with Crippen LogP contribution in [-0.2, 0) is 6.61 Å². The maximum atomic E-state index is 12.6. The largest absolute Gasteiger partial charge is 0.487 e. The number of nitrogens with zero attached hydrogens (tertiary/aromatic N) is 1. The highest BCUT2D eigenvalue weighted by molar-refractivity contribution is 6.07. The second-order valence-electron chi connectivity index (χ2n) is 5.88. The number of amides is 1. The maximum Gasteiger partial charge on any atom is 0.323 e. The summed E-state index contributed by atoms with van der Waals surface area (Å²) in [5.41, 5.74) is 1.41. The number of hydrogen-bond acceptors (Lipinski definition) is 5. The monoisotopic (exact) mass is 358 g/mol. The number of carbonyl (C=O) groups is 1. The zero-order valence-electron chi connectivity index (χ0n) is 14.8. The molecule has 7 heteroatoms. The van der Waals surface area contributed by atoms with Gasteiger partial charge in [0.25, 0.3) is 5.91 Å². The molecule has 2 aromatic rings. The summed E-state index contributed by atoms with van der Waals surface area (Å²) in [5, 5.41) is 23.3. The molecule has 0 spiro atoms. The van der Waals surface area contributed by atoms with Crippen LogP contribution in [0.25, 0.3) is 0 Å². The smallest absolute Gasteiger partial charge is 0.323 e. The van der Waals surface area contributed by atoms with Crippen molar-refractivity contribution in [3.05, 3.63) is 63.2 Å². The molecule has 0 aliphatic carbocycles. The molecule has 1 amide bonds. The lowest BCUT2D eigenvalue weighted by atomic mass is 10.1. The van der Waals surface area contributed by atoms with Gasteiger partial charge < -0.3 is 15.2 Å². The van der Waals surface area contributed by atoms with Gasteiger partial charge in [-0.05, 0) is 42.7 Å². The number of nitrogens with one attached hydrogen (secondary N) is 1. The Balaban J connectivity index is 2.32. The summed E-state index contributed by atoms with van der Waals surface area (Å²) in [4.78, 5) is 23.6. The van der Waals surface area contributed by atoms with Gasteiger partial charge >= 0.3 is 5.69 Å². The Hall–Kier alpha value is -2.93. The predicted molar refractivity (Wildman–Crippen MR) is 98.6 cm³/mol. The van der Waals surface area contributed by atoms with E-state index in [1.807, 2.05) is 6.92 Å². The van der Waals surface area contributed by atoms with Gasteiger partial charge in [0.15, 0.2) is 0 Å². The van der Waals surface area contributed by atoms with E-state index in [-0.39, 0.29) is 23.6 Å². The minimum absolute atomic E-state index is 0.0571. The van der Waals surface area contributed by atoms with Crippen molar-refractivity contribution in [1.29, 1.82) is 0 Å². The van der Waals surface area contributed by atoms with Crippen LogP contribution >= 0.6 is 0 Å². The van der Waals surface area contributed by atoms with Crippen LogP contribution in [0.3, 0.4) is 0 Å². The highest BCUT2D eigenvalue weighted by Gasteiger charge is 2.27. The van der Waals surface area contributed by atoms with E-state index in [2.05, 4.69) is 5.32 Å². The molecule has 138 valence electrons. The number of aliphatic hydroxyl groups is 1. The molecule has 0 fully saturated rings. The molecule has 0 unspecified atom stereocenters. The zero-order valence-corrected chi connectivity index (χ0v) is 14.8. The predicted octanol–water partition coefficient (Wildman–Crippen LogP) is 3.83. The first-order chi connectivity index (χ1) is 12.5. The second kappa shape index (κ2) is 8.96. The summed E-state index contributed by atoms with van der Waals surface area (Å²) in [6, 6.07) is 9.65. The van der Waals surface area contributed by atoms with E-state index in [9.17, 15) is 14.9 Å². The summed E-state index contributed by atoms with van der Waals surface area (Å²) in [6.07, 6.45) is 1.67. The van der Waals surface area contributed by atoms with Gasteiger partial charge in [-0.2, -0.15) is 0 Å². The van der Waals surface area contributed by atoms with E-state index < -0.39 is 10.8 Å². The molecule has 0 heterocycles. The topological polar surface area (TPSA) is 102 Å². The van der Waals surface area contributed by atoms with Crippen molar-refractivity contribution in [1.82, 2.24) is 0 Å².